The molecule has 0 saturated heterocycles. The second kappa shape index (κ2) is 7.97. The van der Waals surface area contributed by atoms with Crippen LogP contribution in [0.25, 0.3) is 0 Å². The van der Waals surface area contributed by atoms with E-state index in [1.807, 2.05) is 13.8 Å². The summed E-state index contributed by atoms with van der Waals surface area (Å²) < 4.78 is 0. The molecule has 100 valence electrons. The van der Waals surface area contributed by atoms with Crippen molar-refractivity contribution >= 4 is 17.5 Å². The predicted molar refractivity (Wildman–Crippen MR) is 73.3 cm³/mol. The molecule has 1 rings (SSSR count). The van der Waals surface area contributed by atoms with E-state index in [2.05, 4.69) is 5.32 Å². The zero-order chi connectivity index (χ0) is 12.7. The van der Waals surface area contributed by atoms with Crippen LogP contribution in [0, 0.1) is 5.92 Å². The first-order chi connectivity index (χ1) is 8.09. The number of alkyl halides is 1. The summed E-state index contributed by atoms with van der Waals surface area (Å²) in [7, 11) is 0. The third-order valence-corrected chi connectivity index (χ3v) is 3.72. The molecule has 1 fully saturated rings. The molecule has 1 N–H and O–H groups in total. The second-order valence-corrected chi connectivity index (χ2v) is 6.21. The Labute approximate surface area is 110 Å². The summed E-state index contributed by atoms with van der Waals surface area (Å²) >= 11 is 5.94. The van der Waals surface area contributed by atoms with Gasteiger partial charge in [0, 0.05) is 17.3 Å². The Kier molecular flexibility index (Phi) is 6.94. The molecule has 2 atom stereocenters. The SMILES string of the molecule is CC(Cl)CC(C)NC(=O)C1CCCCCCC1. The maximum absolute atomic E-state index is 12.1. The molecule has 3 heteroatoms. The van der Waals surface area contributed by atoms with Gasteiger partial charge in [-0.25, -0.2) is 0 Å². The van der Waals surface area contributed by atoms with Crippen LogP contribution in [0.2, 0.25) is 0 Å². The molecule has 17 heavy (non-hydrogen) atoms. The lowest BCUT2D eigenvalue weighted by Gasteiger charge is -2.22. The summed E-state index contributed by atoms with van der Waals surface area (Å²) in [5.74, 6) is 0.486. The molecular formula is C14H26ClNO. The van der Waals surface area contributed by atoms with Crippen molar-refractivity contribution in [1.29, 1.82) is 0 Å². The zero-order valence-corrected chi connectivity index (χ0v) is 11.9. The van der Waals surface area contributed by atoms with E-state index < -0.39 is 0 Å². The van der Waals surface area contributed by atoms with Gasteiger partial charge in [-0.05, 0) is 33.1 Å². The maximum Gasteiger partial charge on any atom is 0.223 e. The van der Waals surface area contributed by atoms with Crippen LogP contribution >= 0.6 is 11.6 Å². The van der Waals surface area contributed by atoms with Crippen molar-refractivity contribution in [2.45, 2.75) is 76.6 Å². The van der Waals surface area contributed by atoms with Gasteiger partial charge < -0.3 is 5.32 Å². The second-order valence-electron chi connectivity index (χ2n) is 5.47. The monoisotopic (exact) mass is 259 g/mol. The molecule has 0 bridgehead atoms. The lowest BCUT2D eigenvalue weighted by Crippen LogP contribution is -2.38. The molecule has 0 spiro atoms. The average Bonchev–Trinajstić information content (AvgIpc) is 2.14. The van der Waals surface area contributed by atoms with Crippen LogP contribution in [0.15, 0.2) is 0 Å². The number of hydrogen-bond acceptors (Lipinski definition) is 1. The molecule has 0 aliphatic heterocycles. The van der Waals surface area contributed by atoms with Crippen LogP contribution in [-0.2, 0) is 4.79 Å². The predicted octanol–water partition coefficient (Wildman–Crippen LogP) is 3.87. The van der Waals surface area contributed by atoms with Crippen molar-refractivity contribution in [3.63, 3.8) is 0 Å². The quantitative estimate of drug-likeness (QED) is 0.763. The number of amides is 1. The Hall–Kier alpha value is -0.240. The van der Waals surface area contributed by atoms with E-state index in [9.17, 15) is 4.79 Å². The Morgan fingerprint density at radius 3 is 2.24 bits per heavy atom. The van der Waals surface area contributed by atoms with E-state index in [0.29, 0.717) is 0 Å². The molecule has 1 aliphatic rings. The van der Waals surface area contributed by atoms with E-state index in [1.54, 1.807) is 0 Å². The Balaban J connectivity index is 2.33. The fourth-order valence-electron chi connectivity index (χ4n) is 2.63. The van der Waals surface area contributed by atoms with Crippen LogP contribution in [0.4, 0.5) is 0 Å². The number of hydrogen-bond donors (Lipinski definition) is 1. The van der Waals surface area contributed by atoms with E-state index in [1.165, 1.54) is 32.1 Å². The van der Waals surface area contributed by atoms with Gasteiger partial charge in [0.25, 0.3) is 0 Å². The fraction of sp³-hybridized carbons (Fsp3) is 0.929. The first kappa shape index (κ1) is 14.8. The van der Waals surface area contributed by atoms with Gasteiger partial charge in [0.15, 0.2) is 0 Å². The van der Waals surface area contributed by atoms with E-state index in [-0.39, 0.29) is 23.2 Å². The standard InChI is InChI=1S/C14H26ClNO/c1-11(15)10-12(2)16-14(17)13-8-6-4-3-5-7-9-13/h11-13H,3-10H2,1-2H3,(H,16,17). The first-order valence-electron chi connectivity index (χ1n) is 7.04. The molecule has 0 radical (unpaired) electrons. The van der Waals surface area contributed by atoms with Gasteiger partial charge in [0.2, 0.25) is 5.91 Å². The van der Waals surface area contributed by atoms with Crippen molar-refractivity contribution in [3.05, 3.63) is 0 Å². The Morgan fingerprint density at radius 1 is 1.18 bits per heavy atom. The number of nitrogens with one attached hydrogen (secondary N) is 1. The minimum atomic E-state index is 0.127. The van der Waals surface area contributed by atoms with Crippen LogP contribution in [0.3, 0.4) is 0 Å². The van der Waals surface area contributed by atoms with Gasteiger partial charge in [-0.3, -0.25) is 4.79 Å². The van der Waals surface area contributed by atoms with E-state index in [0.717, 1.165) is 19.3 Å². The van der Waals surface area contributed by atoms with Crippen LogP contribution in [0.5, 0.6) is 0 Å². The number of halogens is 1. The molecule has 1 amide bonds. The van der Waals surface area contributed by atoms with E-state index >= 15 is 0 Å². The molecule has 0 aromatic rings. The highest BCUT2D eigenvalue weighted by Gasteiger charge is 2.20. The van der Waals surface area contributed by atoms with Crippen molar-refractivity contribution in [1.82, 2.24) is 5.32 Å². The Morgan fingerprint density at radius 2 is 1.71 bits per heavy atom. The summed E-state index contributed by atoms with van der Waals surface area (Å²) in [4.78, 5) is 12.1. The topological polar surface area (TPSA) is 29.1 Å². The van der Waals surface area contributed by atoms with Crippen LogP contribution in [-0.4, -0.2) is 17.3 Å². The maximum atomic E-state index is 12.1. The molecule has 2 nitrogen and oxygen atoms in total. The molecule has 1 aliphatic carbocycles. The molecular weight excluding hydrogens is 234 g/mol. The molecule has 2 unspecified atom stereocenters. The largest absolute Gasteiger partial charge is 0.353 e. The van der Waals surface area contributed by atoms with Gasteiger partial charge in [0.1, 0.15) is 0 Å². The van der Waals surface area contributed by atoms with Crippen LogP contribution < -0.4 is 5.32 Å². The summed E-state index contributed by atoms with van der Waals surface area (Å²) in [6.45, 7) is 4.01. The van der Waals surface area contributed by atoms with E-state index in [4.69, 9.17) is 11.6 Å². The summed E-state index contributed by atoms with van der Waals surface area (Å²) in [6.07, 6.45) is 9.31. The van der Waals surface area contributed by atoms with Crippen molar-refractivity contribution in [2.24, 2.45) is 5.92 Å². The molecule has 0 aromatic heterocycles. The number of rotatable bonds is 4. The van der Waals surface area contributed by atoms with Gasteiger partial charge >= 0.3 is 0 Å². The number of carbonyl (C=O) groups excluding carboxylic acids is 1. The molecule has 0 heterocycles. The molecule has 1 saturated carbocycles. The van der Waals surface area contributed by atoms with Gasteiger partial charge in [-0.15, -0.1) is 11.6 Å². The summed E-state index contributed by atoms with van der Waals surface area (Å²) in [6, 6.07) is 0.195. The third-order valence-electron chi connectivity index (χ3n) is 3.54. The smallest absolute Gasteiger partial charge is 0.223 e. The highest BCUT2D eigenvalue weighted by Crippen LogP contribution is 2.22. The van der Waals surface area contributed by atoms with Gasteiger partial charge in [-0.1, -0.05) is 32.1 Å². The first-order valence-corrected chi connectivity index (χ1v) is 7.47. The minimum absolute atomic E-state index is 0.127. The lowest BCUT2D eigenvalue weighted by atomic mass is 9.90. The normalized spacial score (nSPS) is 22.3. The zero-order valence-electron chi connectivity index (χ0n) is 11.2. The minimum Gasteiger partial charge on any atom is -0.353 e. The summed E-state index contributed by atoms with van der Waals surface area (Å²) in [5.41, 5.74) is 0. The van der Waals surface area contributed by atoms with Crippen molar-refractivity contribution in [3.8, 4) is 0 Å². The fourth-order valence-corrected chi connectivity index (χ4v) is 2.89. The lowest BCUT2D eigenvalue weighted by molar-refractivity contribution is -0.126. The molecule has 0 aromatic carbocycles. The summed E-state index contributed by atoms with van der Waals surface area (Å²) in [5, 5.41) is 3.23. The van der Waals surface area contributed by atoms with Crippen LogP contribution in [0.1, 0.15) is 65.2 Å². The number of carbonyl (C=O) groups is 1. The Bertz CT molecular complexity index is 222. The third kappa shape index (κ3) is 6.30. The van der Waals surface area contributed by atoms with Gasteiger partial charge in [0.05, 0.1) is 0 Å². The van der Waals surface area contributed by atoms with Crippen molar-refractivity contribution < 1.29 is 4.79 Å². The highest BCUT2D eigenvalue weighted by atomic mass is 35.5. The average molecular weight is 260 g/mol. The van der Waals surface area contributed by atoms with Crippen molar-refractivity contribution in [2.75, 3.05) is 0 Å². The highest BCUT2D eigenvalue weighted by molar-refractivity contribution is 6.20. The van der Waals surface area contributed by atoms with Gasteiger partial charge in [-0.2, -0.15) is 0 Å².